The van der Waals surface area contributed by atoms with Gasteiger partial charge in [-0.1, -0.05) is 45.8 Å². The van der Waals surface area contributed by atoms with E-state index in [1.165, 1.54) is 0 Å². The minimum Gasteiger partial charge on any atom is -0.334 e. The van der Waals surface area contributed by atoms with Crippen LogP contribution in [-0.2, 0) is 13.0 Å². The minimum absolute atomic E-state index is 0.0101. The molecule has 0 radical (unpaired) electrons. The predicted molar refractivity (Wildman–Crippen MR) is 128 cm³/mol. The molecule has 5 nitrogen and oxygen atoms in total. The lowest BCUT2D eigenvalue weighted by Gasteiger charge is -2.18. The maximum Gasteiger partial charge on any atom is 0.319 e. The first-order chi connectivity index (χ1) is 14.9. The summed E-state index contributed by atoms with van der Waals surface area (Å²) in [5.41, 5.74) is 6.58. The van der Waals surface area contributed by atoms with Crippen LogP contribution in [0.4, 0.5) is 16.2 Å². The second-order valence-electron chi connectivity index (χ2n) is 7.81. The minimum atomic E-state index is -0.269. The van der Waals surface area contributed by atoms with E-state index in [0.717, 1.165) is 44.5 Å². The number of halogens is 1. The molecule has 0 unspecified atom stereocenters. The zero-order valence-corrected chi connectivity index (χ0v) is 19.1. The van der Waals surface area contributed by atoms with Crippen molar-refractivity contribution in [3.05, 3.63) is 93.0 Å². The first-order valence-electron chi connectivity index (χ1n) is 10.2. The van der Waals surface area contributed by atoms with Crippen molar-refractivity contribution >= 4 is 39.2 Å². The molecular weight excluding hydrogens is 454 g/mol. The van der Waals surface area contributed by atoms with Crippen molar-refractivity contribution in [3.63, 3.8) is 0 Å². The van der Waals surface area contributed by atoms with Crippen molar-refractivity contribution < 1.29 is 9.59 Å². The van der Waals surface area contributed by atoms with Crippen LogP contribution in [0.3, 0.4) is 0 Å². The molecule has 0 aliphatic carbocycles. The van der Waals surface area contributed by atoms with Crippen molar-refractivity contribution in [1.29, 1.82) is 0 Å². The molecule has 0 spiro atoms. The Balaban J connectivity index is 1.43. The maximum absolute atomic E-state index is 13.0. The summed E-state index contributed by atoms with van der Waals surface area (Å²) in [6, 6.07) is 19.1. The van der Waals surface area contributed by atoms with Crippen LogP contribution >= 0.6 is 15.9 Å². The highest BCUT2D eigenvalue weighted by atomic mass is 79.9. The molecule has 3 amide bonds. The van der Waals surface area contributed by atoms with Gasteiger partial charge in [0.2, 0.25) is 0 Å². The summed E-state index contributed by atoms with van der Waals surface area (Å²) in [6.45, 7) is 5.00. The van der Waals surface area contributed by atoms with E-state index in [1.807, 2.05) is 79.4 Å². The molecule has 1 aliphatic heterocycles. The van der Waals surface area contributed by atoms with E-state index in [2.05, 4.69) is 26.6 Å². The highest BCUT2D eigenvalue weighted by molar-refractivity contribution is 9.10. The van der Waals surface area contributed by atoms with E-state index in [0.29, 0.717) is 18.7 Å². The number of amides is 3. The van der Waals surface area contributed by atoms with Crippen molar-refractivity contribution in [2.45, 2.75) is 26.8 Å². The quantitative estimate of drug-likeness (QED) is 0.514. The number of urea groups is 1. The Labute approximate surface area is 190 Å². The molecule has 3 aromatic rings. The number of nitrogens with zero attached hydrogens (tertiary/aromatic N) is 1. The van der Waals surface area contributed by atoms with Crippen LogP contribution < -0.4 is 15.5 Å². The lowest BCUT2D eigenvalue weighted by Crippen LogP contribution is -2.29. The Morgan fingerprint density at radius 3 is 2.65 bits per heavy atom. The average Bonchev–Trinajstić information content (AvgIpc) is 3.17. The third-order valence-corrected chi connectivity index (χ3v) is 6.31. The summed E-state index contributed by atoms with van der Waals surface area (Å²) in [6.07, 6.45) is 0.837. The lowest BCUT2D eigenvalue weighted by atomic mass is 10.1. The van der Waals surface area contributed by atoms with Gasteiger partial charge >= 0.3 is 6.03 Å². The fourth-order valence-electron chi connectivity index (χ4n) is 3.76. The molecule has 0 bridgehead atoms. The zero-order chi connectivity index (χ0) is 22.0. The molecule has 4 rings (SSSR count). The van der Waals surface area contributed by atoms with E-state index in [9.17, 15) is 9.59 Å². The molecule has 2 N–H and O–H groups in total. The molecule has 0 aromatic heterocycles. The van der Waals surface area contributed by atoms with E-state index in [1.54, 1.807) is 0 Å². The van der Waals surface area contributed by atoms with Gasteiger partial charge in [-0.2, -0.15) is 0 Å². The second kappa shape index (κ2) is 8.94. The third-order valence-electron chi connectivity index (χ3n) is 5.42. The van der Waals surface area contributed by atoms with E-state index >= 15 is 0 Å². The largest absolute Gasteiger partial charge is 0.334 e. The number of nitrogens with one attached hydrogen (secondary N) is 2. The summed E-state index contributed by atoms with van der Waals surface area (Å²) in [5.74, 6) is 0.0101. The fraction of sp³-hybridized carbons (Fsp3) is 0.200. The summed E-state index contributed by atoms with van der Waals surface area (Å²) >= 11 is 3.46. The Kier molecular flexibility index (Phi) is 6.09. The van der Waals surface area contributed by atoms with Crippen molar-refractivity contribution in [2.24, 2.45) is 0 Å². The van der Waals surface area contributed by atoms with Crippen LogP contribution in [0, 0.1) is 13.8 Å². The number of aryl methyl sites for hydroxylation is 2. The molecule has 6 heteroatoms. The highest BCUT2D eigenvalue weighted by Gasteiger charge is 2.25. The molecule has 0 saturated carbocycles. The van der Waals surface area contributed by atoms with Gasteiger partial charge in [-0.25, -0.2) is 4.79 Å². The molecule has 0 saturated heterocycles. The van der Waals surface area contributed by atoms with Gasteiger partial charge in [-0.05, 0) is 73.4 Å². The summed E-state index contributed by atoms with van der Waals surface area (Å²) < 4.78 is 1.00. The predicted octanol–water partition coefficient (Wildman–Crippen LogP) is 5.59. The smallest absolute Gasteiger partial charge is 0.319 e. The van der Waals surface area contributed by atoms with Gasteiger partial charge in [-0.15, -0.1) is 0 Å². The summed E-state index contributed by atoms with van der Waals surface area (Å²) in [7, 11) is 0. The van der Waals surface area contributed by atoms with Crippen molar-refractivity contribution in [3.8, 4) is 0 Å². The number of hydrogen-bond donors (Lipinski definition) is 2. The topological polar surface area (TPSA) is 61.4 Å². The molecule has 1 aliphatic rings. The van der Waals surface area contributed by atoms with Crippen LogP contribution in [-0.4, -0.2) is 18.5 Å². The van der Waals surface area contributed by atoms with E-state index in [4.69, 9.17) is 0 Å². The number of carbonyl (C=O) groups is 2. The molecule has 1 heterocycles. The number of fused-ring (bicyclic) bond motifs is 1. The Bertz CT molecular complexity index is 1160. The highest BCUT2D eigenvalue weighted by Crippen LogP contribution is 2.30. The lowest BCUT2D eigenvalue weighted by molar-refractivity contribution is 0.0989. The number of rotatable bonds is 4. The number of hydrogen-bond acceptors (Lipinski definition) is 2. The van der Waals surface area contributed by atoms with Gasteiger partial charge < -0.3 is 15.5 Å². The Morgan fingerprint density at radius 1 is 1.03 bits per heavy atom. The van der Waals surface area contributed by atoms with Gasteiger partial charge in [0, 0.05) is 34.5 Å². The van der Waals surface area contributed by atoms with Gasteiger partial charge in [0.1, 0.15) is 0 Å². The first kappa shape index (κ1) is 21.1. The standard InChI is InChI=1S/C25H24BrN3O2/c1-16-4-3-5-20(12-16)24(30)29-11-10-19-7-6-18(14-23(19)29)15-27-25(31)28-21-8-9-22(26)17(2)13-21/h3-9,12-14H,10-11,15H2,1-2H3,(H2,27,28,31). The number of benzene rings is 3. The Morgan fingerprint density at radius 2 is 1.87 bits per heavy atom. The van der Waals surface area contributed by atoms with Crippen molar-refractivity contribution in [2.75, 3.05) is 16.8 Å². The third kappa shape index (κ3) is 4.80. The molecular formula is C25H24BrN3O2. The van der Waals surface area contributed by atoms with Crippen LogP contribution in [0.5, 0.6) is 0 Å². The molecule has 158 valence electrons. The second-order valence-corrected chi connectivity index (χ2v) is 8.67. The van der Waals surface area contributed by atoms with Crippen molar-refractivity contribution in [1.82, 2.24) is 5.32 Å². The SMILES string of the molecule is Cc1cccc(C(=O)N2CCc3ccc(CNC(=O)Nc4ccc(Br)c(C)c4)cc32)c1. The van der Waals surface area contributed by atoms with Crippen LogP contribution in [0.25, 0.3) is 0 Å². The molecule has 0 fully saturated rings. The van der Waals surface area contributed by atoms with E-state index in [-0.39, 0.29) is 11.9 Å². The Hall–Kier alpha value is -3.12. The molecule has 3 aromatic carbocycles. The molecule has 31 heavy (non-hydrogen) atoms. The number of carbonyl (C=O) groups excluding carboxylic acids is 2. The van der Waals surface area contributed by atoms with Crippen LogP contribution in [0.2, 0.25) is 0 Å². The normalized spacial score (nSPS) is 12.4. The van der Waals surface area contributed by atoms with E-state index < -0.39 is 0 Å². The number of anilines is 2. The fourth-order valence-corrected chi connectivity index (χ4v) is 4.01. The van der Waals surface area contributed by atoms with Crippen LogP contribution in [0.15, 0.2) is 65.1 Å². The van der Waals surface area contributed by atoms with Gasteiger partial charge in [0.05, 0.1) is 0 Å². The van der Waals surface area contributed by atoms with Gasteiger partial charge in [0.15, 0.2) is 0 Å². The van der Waals surface area contributed by atoms with Gasteiger partial charge in [0.25, 0.3) is 5.91 Å². The summed E-state index contributed by atoms with van der Waals surface area (Å²) in [4.78, 5) is 27.2. The first-order valence-corrected chi connectivity index (χ1v) is 11.0. The monoisotopic (exact) mass is 477 g/mol. The van der Waals surface area contributed by atoms with Crippen LogP contribution in [0.1, 0.15) is 32.6 Å². The van der Waals surface area contributed by atoms with Gasteiger partial charge in [-0.3, -0.25) is 4.79 Å². The summed E-state index contributed by atoms with van der Waals surface area (Å²) in [5, 5.41) is 5.74. The maximum atomic E-state index is 13.0. The zero-order valence-electron chi connectivity index (χ0n) is 17.5. The average molecular weight is 478 g/mol. The molecule has 0 atom stereocenters.